The zero-order chi connectivity index (χ0) is 12.3. The number of hydrogen-bond donors (Lipinski definition) is 2. The molecule has 0 aliphatic rings. The summed E-state index contributed by atoms with van der Waals surface area (Å²) < 4.78 is 12.9. The monoisotopic (exact) mass is 230 g/mol. The minimum absolute atomic E-state index is 0.0869. The molecule has 1 aromatic carbocycles. The number of H-pyrrole nitrogens is 1. The third-order valence-corrected chi connectivity index (χ3v) is 1.96. The largest absolute Gasteiger partial charge is 0.347 e. The van der Waals surface area contributed by atoms with E-state index in [9.17, 15) is 9.18 Å². The van der Waals surface area contributed by atoms with Gasteiger partial charge in [-0.1, -0.05) is 6.07 Å². The van der Waals surface area contributed by atoms with Gasteiger partial charge < -0.3 is 5.32 Å². The van der Waals surface area contributed by atoms with Crippen molar-refractivity contribution in [1.29, 1.82) is 5.26 Å². The van der Waals surface area contributed by atoms with Crippen molar-refractivity contribution in [2.45, 2.75) is 0 Å². The Labute approximate surface area is 95.6 Å². The third-order valence-electron chi connectivity index (χ3n) is 1.96. The Hall–Kier alpha value is -2.68. The van der Waals surface area contributed by atoms with Crippen molar-refractivity contribution in [3.63, 3.8) is 0 Å². The summed E-state index contributed by atoms with van der Waals surface area (Å²) in [5.41, 5.74) is -0.0983. The lowest BCUT2D eigenvalue weighted by atomic mass is 10.3. The van der Waals surface area contributed by atoms with Crippen molar-refractivity contribution < 1.29 is 4.39 Å². The summed E-state index contributed by atoms with van der Waals surface area (Å²) in [6, 6.07) is 8.87. The van der Waals surface area contributed by atoms with Gasteiger partial charge in [0.15, 0.2) is 0 Å². The molecule has 2 N–H and O–H groups in total. The highest BCUT2D eigenvalue weighted by Gasteiger charge is 2.01. The molecular weight excluding hydrogens is 223 g/mol. The fourth-order valence-electron chi connectivity index (χ4n) is 1.30. The molecule has 5 nitrogen and oxygen atoms in total. The number of halogens is 1. The molecule has 0 radical (unpaired) electrons. The van der Waals surface area contributed by atoms with Gasteiger partial charge in [0, 0.05) is 11.8 Å². The molecule has 17 heavy (non-hydrogen) atoms. The standard InChI is InChI=1S/C11H7FN4O/c12-7-2-1-3-8(4-7)14-10-5-9(6-13)15-11(17)16-10/h1-5H,(H2,14,15,16,17). The van der Waals surface area contributed by atoms with E-state index in [0.29, 0.717) is 5.69 Å². The zero-order valence-electron chi connectivity index (χ0n) is 8.57. The third kappa shape index (κ3) is 2.66. The van der Waals surface area contributed by atoms with E-state index >= 15 is 0 Å². The average molecular weight is 230 g/mol. The second-order valence-corrected chi connectivity index (χ2v) is 3.23. The second-order valence-electron chi connectivity index (χ2n) is 3.23. The molecule has 1 heterocycles. The van der Waals surface area contributed by atoms with Gasteiger partial charge >= 0.3 is 5.69 Å². The Morgan fingerprint density at radius 1 is 1.41 bits per heavy atom. The van der Waals surface area contributed by atoms with Crippen molar-refractivity contribution in [3.05, 3.63) is 52.3 Å². The lowest BCUT2D eigenvalue weighted by molar-refractivity contribution is 0.628. The van der Waals surface area contributed by atoms with Gasteiger partial charge in [0.25, 0.3) is 0 Å². The van der Waals surface area contributed by atoms with Gasteiger partial charge in [0.1, 0.15) is 23.4 Å². The van der Waals surface area contributed by atoms with Crippen molar-refractivity contribution in [3.8, 4) is 6.07 Å². The lowest BCUT2D eigenvalue weighted by Gasteiger charge is -2.04. The number of benzene rings is 1. The summed E-state index contributed by atoms with van der Waals surface area (Å²) in [6.07, 6.45) is 0. The molecule has 2 rings (SSSR count). The first-order chi connectivity index (χ1) is 8.17. The predicted octanol–water partition coefficient (Wildman–Crippen LogP) is 1.52. The summed E-state index contributed by atoms with van der Waals surface area (Å²) in [4.78, 5) is 17.0. The van der Waals surface area contributed by atoms with Crippen molar-refractivity contribution in [2.75, 3.05) is 5.32 Å². The smallest absolute Gasteiger partial charge is 0.340 e. The van der Waals surface area contributed by atoms with Crippen LogP contribution in [0.1, 0.15) is 5.69 Å². The lowest BCUT2D eigenvalue weighted by Crippen LogP contribution is -2.13. The summed E-state index contributed by atoms with van der Waals surface area (Å²) in [6.45, 7) is 0. The number of nitriles is 1. The van der Waals surface area contributed by atoms with Gasteiger partial charge in [-0.25, -0.2) is 9.18 Å². The van der Waals surface area contributed by atoms with E-state index in [1.54, 1.807) is 12.1 Å². The van der Waals surface area contributed by atoms with E-state index < -0.39 is 11.5 Å². The normalized spacial score (nSPS) is 9.65. The van der Waals surface area contributed by atoms with E-state index in [1.807, 2.05) is 0 Å². The van der Waals surface area contributed by atoms with Gasteiger partial charge in [-0.2, -0.15) is 10.2 Å². The number of rotatable bonds is 2. The number of aromatic amines is 1. The molecule has 0 unspecified atom stereocenters. The minimum Gasteiger partial charge on any atom is -0.340 e. The maximum Gasteiger partial charge on any atom is 0.347 e. The molecule has 0 amide bonds. The first-order valence-electron chi connectivity index (χ1n) is 4.71. The molecule has 84 valence electrons. The van der Waals surface area contributed by atoms with Crippen LogP contribution in [0.3, 0.4) is 0 Å². The van der Waals surface area contributed by atoms with E-state index in [0.717, 1.165) is 0 Å². The van der Waals surface area contributed by atoms with Crippen LogP contribution in [-0.4, -0.2) is 9.97 Å². The van der Waals surface area contributed by atoms with Crippen LogP contribution in [0.25, 0.3) is 0 Å². The van der Waals surface area contributed by atoms with Crippen LogP contribution in [0.4, 0.5) is 15.9 Å². The number of nitrogens with zero attached hydrogens (tertiary/aromatic N) is 2. The number of aromatic nitrogens is 2. The second kappa shape index (κ2) is 4.45. The number of nitrogens with one attached hydrogen (secondary N) is 2. The SMILES string of the molecule is N#Cc1cc(Nc2cccc(F)c2)nc(=O)[nH]1. The van der Waals surface area contributed by atoms with Gasteiger partial charge in [0.05, 0.1) is 0 Å². The van der Waals surface area contributed by atoms with Crippen molar-refractivity contribution >= 4 is 11.5 Å². The highest BCUT2D eigenvalue weighted by atomic mass is 19.1. The van der Waals surface area contributed by atoms with Gasteiger partial charge in [0.2, 0.25) is 0 Å². The molecule has 0 aliphatic carbocycles. The van der Waals surface area contributed by atoms with Gasteiger partial charge in [-0.05, 0) is 18.2 Å². The van der Waals surface area contributed by atoms with Crippen LogP contribution < -0.4 is 11.0 Å². The van der Waals surface area contributed by atoms with Crippen molar-refractivity contribution in [2.24, 2.45) is 0 Å². The van der Waals surface area contributed by atoms with Gasteiger partial charge in [-0.15, -0.1) is 0 Å². The first kappa shape index (κ1) is 10.8. The maximum atomic E-state index is 12.9. The van der Waals surface area contributed by atoms with Crippen LogP contribution in [0.5, 0.6) is 0 Å². The quantitative estimate of drug-likeness (QED) is 0.819. The molecule has 0 bridgehead atoms. The predicted molar refractivity (Wildman–Crippen MR) is 59.3 cm³/mol. The van der Waals surface area contributed by atoms with Crippen LogP contribution in [0.15, 0.2) is 35.1 Å². The molecule has 6 heteroatoms. The van der Waals surface area contributed by atoms with Crippen LogP contribution >= 0.6 is 0 Å². The summed E-state index contributed by atoms with van der Waals surface area (Å²) in [5, 5.41) is 11.4. The fourth-order valence-corrected chi connectivity index (χ4v) is 1.30. The molecule has 0 aliphatic heterocycles. The van der Waals surface area contributed by atoms with Gasteiger partial charge in [-0.3, -0.25) is 4.98 Å². The molecule has 2 aromatic rings. The van der Waals surface area contributed by atoms with Crippen molar-refractivity contribution in [1.82, 2.24) is 9.97 Å². The summed E-state index contributed by atoms with van der Waals surface area (Å²) in [7, 11) is 0. The van der Waals surface area contributed by atoms with Crippen LogP contribution in [0.2, 0.25) is 0 Å². The van der Waals surface area contributed by atoms with E-state index in [-0.39, 0.29) is 11.5 Å². The molecule has 1 aromatic heterocycles. The summed E-state index contributed by atoms with van der Waals surface area (Å²) in [5.74, 6) is -0.212. The Morgan fingerprint density at radius 2 is 2.24 bits per heavy atom. The minimum atomic E-state index is -0.636. The molecule has 0 saturated heterocycles. The molecule has 0 fully saturated rings. The first-order valence-corrected chi connectivity index (χ1v) is 4.71. The van der Waals surface area contributed by atoms with E-state index in [4.69, 9.17) is 5.26 Å². The highest BCUT2D eigenvalue weighted by molar-refractivity contribution is 5.56. The Balaban J connectivity index is 2.34. The molecule has 0 atom stereocenters. The van der Waals surface area contributed by atoms with E-state index in [2.05, 4.69) is 15.3 Å². The van der Waals surface area contributed by atoms with E-state index in [1.165, 1.54) is 24.3 Å². The average Bonchev–Trinajstić information content (AvgIpc) is 2.28. The fraction of sp³-hybridized carbons (Fsp3) is 0. The number of hydrogen-bond acceptors (Lipinski definition) is 4. The Bertz CT molecular complexity index is 644. The Morgan fingerprint density at radius 3 is 2.94 bits per heavy atom. The zero-order valence-corrected chi connectivity index (χ0v) is 8.57. The Kier molecular flexibility index (Phi) is 2.83. The maximum absolute atomic E-state index is 12.9. The van der Waals surface area contributed by atoms with Crippen LogP contribution in [0, 0.1) is 17.1 Å². The van der Waals surface area contributed by atoms with Crippen LogP contribution in [-0.2, 0) is 0 Å². The molecular formula is C11H7FN4O. The summed E-state index contributed by atoms with van der Waals surface area (Å²) >= 11 is 0. The topological polar surface area (TPSA) is 81.6 Å². The highest BCUT2D eigenvalue weighted by Crippen LogP contribution is 2.14. The molecule has 0 saturated carbocycles. The molecule has 0 spiro atoms. The number of anilines is 2.